The van der Waals surface area contributed by atoms with Crippen molar-refractivity contribution in [3.8, 4) is 0 Å². The number of para-hydroxylation sites is 1. The number of nitrogens with zero attached hydrogens (tertiary/aromatic N) is 1. The molecule has 2 aromatic carbocycles. The number of hydrogen-bond donors (Lipinski definition) is 1. The Labute approximate surface area is 139 Å². The Morgan fingerprint density at radius 1 is 1.22 bits per heavy atom. The van der Waals surface area contributed by atoms with E-state index in [-0.39, 0.29) is 17.2 Å². The zero-order chi connectivity index (χ0) is 16.4. The summed E-state index contributed by atoms with van der Waals surface area (Å²) in [5.74, 6) is 0.576. The van der Waals surface area contributed by atoms with Gasteiger partial charge in [-0.15, -0.1) is 11.8 Å². The van der Waals surface area contributed by atoms with Gasteiger partial charge in [0.2, 0.25) is 0 Å². The largest absolute Gasteiger partial charge is 0.323 e. The molecular weight excluding hydrogens is 311 g/mol. The molecule has 1 aliphatic rings. The molecule has 1 N–H and O–H groups in total. The lowest BCUT2D eigenvalue weighted by Gasteiger charge is -2.25. The number of amides is 2. The molecule has 5 heteroatoms. The quantitative estimate of drug-likeness (QED) is 0.864. The zero-order valence-electron chi connectivity index (χ0n) is 13.2. The maximum absolute atomic E-state index is 13.5. The van der Waals surface area contributed by atoms with Crippen LogP contribution >= 0.6 is 11.8 Å². The summed E-state index contributed by atoms with van der Waals surface area (Å²) >= 11 is 1.66. The first-order valence-electron chi connectivity index (χ1n) is 7.57. The van der Waals surface area contributed by atoms with E-state index < -0.39 is 0 Å². The fourth-order valence-electron chi connectivity index (χ4n) is 2.80. The van der Waals surface area contributed by atoms with E-state index in [4.69, 9.17) is 0 Å². The normalized spacial score (nSPS) is 17.3. The Kier molecular flexibility index (Phi) is 4.57. The monoisotopic (exact) mass is 330 g/mol. The van der Waals surface area contributed by atoms with Crippen molar-refractivity contribution < 1.29 is 9.18 Å². The first-order valence-corrected chi connectivity index (χ1v) is 8.62. The lowest BCUT2D eigenvalue weighted by Crippen LogP contribution is -2.34. The van der Waals surface area contributed by atoms with Crippen LogP contribution in [0.15, 0.2) is 42.5 Å². The summed E-state index contributed by atoms with van der Waals surface area (Å²) in [5.41, 5.74) is 3.75. The molecule has 0 bridgehead atoms. The van der Waals surface area contributed by atoms with Crippen molar-refractivity contribution in [2.75, 3.05) is 17.6 Å². The van der Waals surface area contributed by atoms with Crippen molar-refractivity contribution in [2.45, 2.75) is 19.2 Å². The third kappa shape index (κ3) is 3.34. The number of aryl methyl sites for hydroxylation is 2. The number of carbonyl (C=O) groups is 1. The van der Waals surface area contributed by atoms with Gasteiger partial charge in [0.1, 0.15) is 11.2 Å². The summed E-state index contributed by atoms with van der Waals surface area (Å²) in [6.07, 6.45) is 0. The van der Waals surface area contributed by atoms with Crippen LogP contribution in [0.4, 0.5) is 14.9 Å². The molecule has 3 rings (SSSR count). The summed E-state index contributed by atoms with van der Waals surface area (Å²) < 4.78 is 13.5. The molecule has 0 unspecified atom stereocenters. The third-order valence-corrected chi connectivity index (χ3v) is 5.26. The van der Waals surface area contributed by atoms with Crippen molar-refractivity contribution in [1.82, 2.24) is 4.90 Å². The Morgan fingerprint density at radius 2 is 1.91 bits per heavy atom. The second kappa shape index (κ2) is 6.62. The van der Waals surface area contributed by atoms with Crippen molar-refractivity contribution in [3.63, 3.8) is 0 Å². The Hall–Kier alpha value is -2.01. The van der Waals surface area contributed by atoms with Gasteiger partial charge in [0.15, 0.2) is 0 Å². The SMILES string of the molecule is Cc1cccc(C)c1NC(=O)N1CCS[C@@H]1c1cccc(F)c1. The van der Waals surface area contributed by atoms with E-state index in [0.29, 0.717) is 6.54 Å². The van der Waals surface area contributed by atoms with Gasteiger partial charge in [-0.25, -0.2) is 9.18 Å². The lowest BCUT2D eigenvalue weighted by molar-refractivity contribution is 0.214. The van der Waals surface area contributed by atoms with E-state index in [1.807, 2.05) is 38.1 Å². The minimum Gasteiger partial charge on any atom is -0.308 e. The molecule has 23 heavy (non-hydrogen) atoms. The average molecular weight is 330 g/mol. The van der Waals surface area contributed by atoms with Gasteiger partial charge < -0.3 is 10.2 Å². The molecular formula is C18H19FN2OS. The zero-order valence-corrected chi connectivity index (χ0v) is 14.0. The molecule has 2 amide bonds. The first kappa shape index (κ1) is 15.9. The second-order valence-electron chi connectivity index (χ2n) is 5.67. The summed E-state index contributed by atoms with van der Waals surface area (Å²) in [6, 6.07) is 12.3. The molecule has 2 aromatic rings. The number of benzene rings is 2. The van der Waals surface area contributed by atoms with E-state index in [0.717, 1.165) is 28.1 Å². The standard InChI is InChI=1S/C18H19FN2OS/c1-12-5-3-6-13(2)16(12)20-18(22)21-9-10-23-17(21)14-7-4-8-15(19)11-14/h3-8,11,17H,9-10H2,1-2H3,(H,20,22)/t17-/m1/s1. The molecule has 3 nitrogen and oxygen atoms in total. The molecule has 1 saturated heterocycles. The van der Waals surface area contributed by atoms with Gasteiger partial charge in [0, 0.05) is 18.0 Å². The van der Waals surface area contributed by atoms with Crippen molar-refractivity contribution in [3.05, 3.63) is 65.0 Å². The van der Waals surface area contributed by atoms with Gasteiger partial charge in [-0.05, 0) is 42.7 Å². The highest BCUT2D eigenvalue weighted by atomic mass is 32.2. The Balaban J connectivity index is 1.81. The summed E-state index contributed by atoms with van der Waals surface area (Å²) in [7, 11) is 0. The van der Waals surface area contributed by atoms with Crippen LogP contribution in [0.5, 0.6) is 0 Å². The minimum atomic E-state index is -0.273. The van der Waals surface area contributed by atoms with Gasteiger partial charge in [0.05, 0.1) is 0 Å². The van der Waals surface area contributed by atoms with E-state index in [9.17, 15) is 9.18 Å². The average Bonchev–Trinajstić information content (AvgIpc) is 3.00. The fraction of sp³-hybridized carbons (Fsp3) is 0.278. The molecule has 0 aliphatic carbocycles. The molecule has 0 aromatic heterocycles. The maximum Gasteiger partial charge on any atom is 0.323 e. The Morgan fingerprint density at radius 3 is 2.61 bits per heavy atom. The number of urea groups is 1. The molecule has 1 aliphatic heterocycles. The number of halogens is 1. The van der Waals surface area contributed by atoms with Gasteiger partial charge in [-0.1, -0.05) is 30.3 Å². The smallest absolute Gasteiger partial charge is 0.308 e. The number of nitrogens with one attached hydrogen (secondary N) is 1. The minimum absolute atomic E-state index is 0.137. The van der Waals surface area contributed by atoms with Crippen LogP contribution in [-0.2, 0) is 0 Å². The number of rotatable bonds is 2. The summed E-state index contributed by atoms with van der Waals surface area (Å²) in [6.45, 7) is 4.61. The van der Waals surface area contributed by atoms with Crippen molar-refractivity contribution in [1.29, 1.82) is 0 Å². The van der Waals surface area contributed by atoms with E-state index in [1.54, 1.807) is 22.7 Å². The predicted molar refractivity (Wildman–Crippen MR) is 93.2 cm³/mol. The summed E-state index contributed by atoms with van der Waals surface area (Å²) in [5, 5.41) is 2.87. The first-order chi connectivity index (χ1) is 11.1. The lowest BCUT2D eigenvalue weighted by atomic mass is 10.1. The van der Waals surface area contributed by atoms with Gasteiger partial charge in [-0.3, -0.25) is 0 Å². The van der Waals surface area contributed by atoms with Crippen LogP contribution in [0.1, 0.15) is 22.1 Å². The van der Waals surface area contributed by atoms with Crippen LogP contribution in [0.25, 0.3) is 0 Å². The van der Waals surface area contributed by atoms with Gasteiger partial charge in [-0.2, -0.15) is 0 Å². The summed E-state index contributed by atoms with van der Waals surface area (Å²) in [4.78, 5) is 14.5. The molecule has 0 radical (unpaired) electrons. The van der Waals surface area contributed by atoms with Crippen molar-refractivity contribution in [2.24, 2.45) is 0 Å². The number of thioether (sulfide) groups is 1. The molecule has 120 valence electrons. The molecule has 1 heterocycles. The predicted octanol–water partition coefficient (Wildman–Crippen LogP) is 4.72. The van der Waals surface area contributed by atoms with Gasteiger partial charge >= 0.3 is 6.03 Å². The van der Waals surface area contributed by atoms with E-state index in [1.165, 1.54) is 12.1 Å². The van der Waals surface area contributed by atoms with E-state index in [2.05, 4.69) is 5.32 Å². The van der Waals surface area contributed by atoms with Crippen molar-refractivity contribution >= 4 is 23.5 Å². The second-order valence-corrected chi connectivity index (χ2v) is 6.86. The maximum atomic E-state index is 13.5. The number of carbonyl (C=O) groups excluding carboxylic acids is 1. The van der Waals surface area contributed by atoms with Crippen LogP contribution in [-0.4, -0.2) is 23.2 Å². The van der Waals surface area contributed by atoms with Crippen LogP contribution in [0, 0.1) is 19.7 Å². The number of anilines is 1. The molecule has 1 fully saturated rings. The van der Waals surface area contributed by atoms with E-state index >= 15 is 0 Å². The fourth-order valence-corrected chi connectivity index (χ4v) is 4.05. The van der Waals surface area contributed by atoms with Gasteiger partial charge in [0.25, 0.3) is 0 Å². The van der Waals surface area contributed by atoms with Crippen LogP contribution < -0.4 is 5.32 Å². The molecule has 0 spiro atoms. The molecule has 0 saturated carbocycles. The highest BCUT2D eigenvalue weighted by Gasteiger charge is 2.31. The Bertz CT molecular complexity index is 714. The molecule has 1 atom stereocenters. The highest BCUT2D eigenvalue weighted by Crippen LogP contribution is 2.38. The highest BCUT2D eigenvalue weighted by molar-refractivity contribution is 7.99. The number of hydrogen-bond acceptors (Lipinski definition) is 2. The van der Waals surface area contributed by atoms with Crippen LogP contribution in [0.2, 0.25) is 0 Å². The third-order valence-electron chi connectivity index (χ3n) is 4.00. The van der Waals surface area contributed by atoms with Crippen LogP contribution in [0.3, 0.4) is 0 Å². The topological polar surface area (TPSA) is 32.3 Å².